The molecule has 1 aliphatic carbocycles. The van der Waals surface area contributed by atoms with E-state index in [0.29, 0.717) is 12.5 Å². The van der Waals surface area contributed by atoms with Crippen molar-refractivity contribution in [3.05, 3.63) is 95.6 Å². The largest absolute Gasteiger partial charge is 0.481 e. The molecule has 8 nitrogen and oxygen atoms in total. The highest BCUT2D eigenvalue weighted by atomic mass is 16.5. The van der Waals surface area contributed by atoms with Crippen LogP contribution in [0.3, 0.4) is 0 Å². The number of carboxylic acid groups (broad SMARTS) is 1. The third-order valence-corrected chi connectivity index (χ3v) is 7.96. The predicted molar refractivity (Wildman–Crippen MR) is 152 cm³/mol. The van der Waals surface area contributed by atoms with E-state index in [4.69, 9.17) is 4.74 Å². The molecule has 1 heterocycles. The van der Waals surface area contributed by atoms with Crippen LogP contribution in [-0.2, 0) is 20.9 Å². The van der Waals surface area contributed by atoms with E-state index in [9.17, 15) is 19.5 Å². The van der Waals surface area contributed by atoms with Crippen molar-refractivity contribution in [2.75, 3.05) is 26.2 Å². The normalized spacial score (nSPS) is 18.9. The highest BCUT2D eigenvalue weighted by Crippen LogP contribution is 2.44. The number of benzene rings is 3. The highest BCUT2D eigenvalue weighted by molar-refractivity contribution is 5.89. The Morgan fingerprint density at radius 3 is 2.20 bits per heavy atom. The van der Waals surface area contributed by atoms with Gasteiger partial charge in [-0.3, -0.25) is 14.5 Å². The number of alkyl carbamates (subject to hydrolysis) is 1. The Bertz CT molecular complexity index is 1320. The van der Waals surface area contributed by atoms with Crippen LogP contribution in [0.15, 0.2) is 78.9 Å². The van der Waals surface area contributed by atoms with Crippen LogP contribution >= 0.6 is 0 Å². The van der Waals surface area contributed by atoms with E-state index < -0.39 is 30.4 Å². The summed E-state index contributed by atoms with van der Waals surface area (Å²) < 4.78 is 5.54. The summed E-state index contributed by atoms with van der Waals surface area (Å²) in [5.74, 6) is -1.23. The molecule has 3 aromatic rings. The fourth-order valence-corrected chi connectivity index (χ4v) is 5.90. The van der Waals surface area contributed by atoms with Gasteiger partial charge in [0.05, 0.1) is 6.42 Å². The van der Waals surface area contributed by atoms with Gasteiger partial charge in [-0.2, -0.15) is 0 Å². The SMILES string of the molecule is CC1CN(Cc2ccccc2)CC1CNC(=O)C(CC(=O)O)NC(=O)OCC1c2ccccc2-c2ccccc21. The topological polar surface area (TPSA) is 108 Å². The summed E-state index contributed by atoms with van der Waals surface area (Å²) in [5, 5.41) is 14.7. The minimum absolute atomic E-state index is 0.0815. The summed E-state index contributed by atoms with van der Waals surface area (Å²) in [7, 11) is 0. The van der Waals surface area contributed by atoms with E-state index in [1.54, 1.807) is 0 Å². The number of hydrogen-bond acceptors (Lipinski definition) is 5. The van der Waals surface area contributed by atoms with Crippen molar-refractivity contribution in [3.8, 4) is 11.1 Å². The first-order valence-electron chi connectivity index (χ1n) is 13.8. The first-order chi connectivity index (χ1) is 19.4. The molecule has 1 aliphatic heterocycles. The third-order valence-electron chi connectivity index (χ3n) is 7.96. The van der Waals surface area contributed by atoms with Crippen molar-refractivity contribution in [1.29, 1.82) is 0 Å². The van der Waals surface area contributed by atoms with E-state index in [1.165, 1.54) is 5.56 Å². The zero-order valence-corrected chi connectivity index (χ0v) is 22.6. The number of carbonyl (C=O) groups excluding carboxylic acids is 2. The molecule has 1 fully saturated rings. The average Bonchev–Trinajstić information content (AvgIpc) is 3.46. The van der Waals surface area contributed by atoms with Crippen LogP contribution in [0, 0.1) is 11.8 Å². The van der Waals surface area contributed by atoms with Gasteiger partial charge in [0.2, 0.25) is 5.91 Å². The molecule has 0 radical (unpaired) electrons. The lowest BCUT2D eigenvalue weighted by Crippen LogP contribution is -2.49. The summed E-state index contributed by atoms with van der Waals surface area (Å²) in [5.41, 5.74) is 5.61. The van der Waals surface area contributed by atoms with Crippen LogP contribution in [0.4, 0.5) is 4.79 Å². The van der Waals surface area contributed by atoms with Gasteiger partial charge in [0.1, 0.15) is 12.6 Å². The number of hydrogen-bond donors (Lipinski definition) is 3. The van der Waals surface area contributed by atoms with Gasteiger partial charge < -0.3 is 20.5 Å². The number of fused-ring (bicyclic) bond motifs is 3. The van der Waals surface area contributed by atoms with Gasteiger partial charge in [0.15, 0.2) is 0 Å². The number of aliphatic carboxylic acids is 1. The molecule has 1 saturated heterocycles. The number of amides is 2. The lowest BCUT2D eigenvalue weighted by Gasteiger charge is -2.21. The van der Waals surface area contributed by atoms with Gasteiger partial charge in [-0.1, -0.05) is 85.8 Å². The molecule has 5 rings (SSSR count). The molecule has 208 valence electrons. The summed E-state index contributed by atoms with van der Waals surface area (Å²) >= 11 is 0. The van der Waals surface area contributed by atoms with E-state index in [0.717, 1.165) is 41.9 Å². The number of likely N-dealkylation sites (tertiary alicyclic amines) is 1. The van der Waals surface area contributed by atoms with E-state index in [1.807, 2.05) is 66.7 Å². The molecule has 3 atom stereocenters. The van der Waals surface area contributed by atoms with Crippen molar-refractivity contribution < 1.29 is 24.2 Å². The molecule has 3 unspecified atom stereocenters. The zero-order chi connectivity index (χ0) is 28.1. The van der Waals surface area contributed by atoms with Crippen molar-refractivity contribution in [3.63, 3.8) is 0 Å². The van der Waals surface area contributed by atoms with Gasteiger partial charge in [-0.05, 0) is 39.7 Å². The number of rotatable bonds is 10. The van der Waals surface area contributed by atoms with Gasteiger partial charge in [0.25, 0.3) is 0 Å². The lowest BCUT2D eigenvalue weighted by atomic mass is 9.98. The average molecular weight is 542 g/mol. The summed E-state index contributed by atoms with van der Waals surface area (Å²) in [4.78, 5) is 39.6. The summed E-state index contributed by atoms with van der Waals surface area (Å²) in [6, 6.07) is 25.0. The smallest absolute Gasteiger partial charge is 0.407 e. The molecule has 0 bridgehead atoms. The lowest BCUT2D eigenvalue weighted by molar-refractivity contribution is -0.139. The van der Waals surface area contributed by atoms with Crippen molar-refractivity contribution in [2.45, 2.75) is 31.8 Å². The summed E-state index contributed by atoms with van der Waals surface area (Å²) in [6.07, 6.45) is -1.34. The second-order valence-electron chi connectivity index (χ2n) is 10.8. The van der Waals surface area contributed by atoms with Crippen molar-refractivity contribution >= 4 is 18.0 Å². The predicted octanol–water partition coefficient (Wildman–Crippen LogP) is 4.25. The van der Waals surface area contributed by atoms with Crippen molar-refractivity contribution in [2.24, 2.45) is 11.8 Å². The first kappa shape index (κ1) is 27.4. The first-order valence-corrected chi connectivity index (χ1v) is 13.8. The zero-order valence-electron chi connectivity index (χ0n) is 22.6. The molecule has 3 N–H and O–H groups in total. The number of carboxylic acids is 1. The Labute approximate surface area is 234 Å². The standard InChI is InChI=1S/C32H35N3O5/c1-21-17-35(18-22-9-3-2-4-10-22)19-23(21)16-33-31(38)29(15-30(36)37)34-32(39)40-20-28-26-13-7-5-11-24(26)25-12-6-8-14-27(25)28/h2-14,21,23,28-29H,15-20H2,1H3,(H,33,38)(H,34,39)(H,36,37). The minimum atomic E-state index is -1.23. The molecule has 2 amide bonds. The molecule has 0 saturated carbocycles. The second-order valence-corrected chi connectivity index (χ2v) is 10.8. The maximum Gasteiger partial charge on any atom is 0.407 e. The number of nitrogens with zero attached hydrogens (tertiary/aromatic N) is 1. The van der Waals surface area contributed by atoms with Gasteiger partial charge in [-0.15, -0.1) is 0 Å². The quantitative estimate of drug-likeness (QED) is 0.354. The molecular weight excluding hydrogens is 506 g/mol. The van der Waals surface area contributed by atoms with Crippen LogP contribution in [0.25, 0.3) is 11.1 Å². The number of nitrogens with one attached hydrogen (secondary N) is 2. The Hall–Kier alpha value is -4.17. The maximum absolute atomic E-state index is 13.0. The number of carbonyl (C=O) groups is 3. The fourth-order valence-electron chi connectivity index (χ4n) is 5.90. The van der Waals surface area contributed by atoms with E-state index >= 15 is 0 Å². The van der Waals surface area contributed by atoms with Crippen LogP contribution in [0.5, 0.6) is 0 Å². The monoisotopic (exact) mass is 541 g/mol. The molecule has 2 aliphatic rings. The van der Waals surface area contributed by atoms with E-state index in [2.05, 4.69) is 34.6 Å². The Morgan fingerprint density at radius 1 is 0.925 bits per heavy atom. The molecule has 0 spiro atoms. The Morgan fingerprint density at radius 2 is 1.55 bits per heavy atom. The molecule has 40 heavy (non-hydrogen) atoms. The van der Waals surface area contributed by atoms with Gasteiger partial charge >= 0.3 is 12.1 Å². The third kappa shape index (κ3) is 6.34. The minimum Gasteiger partial charge on any atom is -0.481 e. The number of ether oxygens (including phenoxy) is 1. The Kier molecular flexibility index (Phi) is 8.45. The highest BCUT2D eigenvalue weighted by Gasteiger charge is 2.32. The molecule has 8 heteroatoms. The molecule has 3 aromatic carbocycles. The van der Waals surface area contributed by atoms with Crippen LogP contribution in [0.1, 0.15) is 36.0 Å². The van der Waals surface area contributed by atoms with Gasteiger partial charge in [-0.25, -0.2) is 4.79 Å². The fraction of sp³-hybridized carbons (Fsp3) is 0.344. The van der Waals surface area contributed by atoms with Crippen LogP contribution < -0.4 is 10.6 Å². The summed E-state index contributed by atoms with van der Waals surface area (Å²) in [6.45, 7) is 5.25. The maximum atomic E-state index is 13.0. The van der Waals surface area contributed by atoms with Gasteiger partial charge in [0, 0.05) is 32.1 Å². The van der Waals surface area contributed by atoms with Crippen molar-refractivity contribution in [1.82, 2.24) is 15.5 Å². The Balaban J connectivity index is 1.15. The second kappa shape index (κ2) is 12.3. The van der Waals surface area contributed by atoms with Crippen LogP contribution in [0.2, 0.25) is 0 Å². The van der Waals surface area contributed by atoms with E-state index in [-0.39, 0.29) is 18.4 Å². The molecular formula is C32H35N3O5. The molecule has 0 aromatic heterocycles. The van der Waals surface area contributed by atoms with Crippen LogP contribution in [-0.4, -0.2) is 60.3 Å².